The molecule has 0 saturated carbocycles. The van der Waals surface area contributed by atoms with Crippen LogP contribution in [0.1, 0.15) is 5.56 Å². The Hall–Kier alpha value is -2.92. The number of carbonyl (C=O) groups excluding carboxylic acids is 1. The van der Waals surface area contributed by atoms with E-state index in [0.29, 0.717) is 16.3 Å². The second-order valence-electron chi connectivity index (χ2n) is 4.82. The molecule has 6 heteroatoms. The molecule has 0 radical (unpaired) electrons. The third-order valence-electron chi connectivity index (χ3n) is 3.26. The van der Waals surface area contributed by atoms with Gasteiger partial charge in [-0.2, -0.15) is 10.1 Å². The molecule has 0 unspecified atom stereocenters. The molecular formula is C17H11ClN2O3. The zero-order chi connectivity index (χ0) is 16.4. The van der Waals surface area contributed by atoms with Gasteiger partial charge in [-0.25, -0.2) is 4.79 Å². The molecule has 1 amide bonds. The van der Waals surface area contributed by atoms with E-state index in [4.69, 9.17) is 11.6 Å². The molecule has 3 rings (SSSR count). The van der Waals surface area contributed by atoms with Gasteiger partial charge in [0.25, 0.3) is 5.91 Å². The van der Waals surface area contributed by atoms with Gasteiger partial charge < -0.3 is 5.11 Å². The number of amides is 1. The number of halogens is 1. The Morgan fingerprint density at radius 1 is 1.09 bits per heavy atom. The van der Waals surface area contributed by atoms with Crippen molar-refractivity contribution < 1.29 is 14.7 Å². The van der Waals surface area contributed by atoms with Crippen molar-refractivity contribution in [1.29, 1.82) is 0 Å². The van der Waals surface area contributed by atoms with E-state index in [1.54, 1.807) is 54.6 Å². The summed E-state index contributed by atoms with van der Waals surface area (Å²) < 4.78 is 0. The lowest BCUT2D eigenvalue weighted by molar-refractivity contribution is -0.129. The predicted octanol–water partition coefficient (Wildman–Crippen LogP) is 3.21. The van der Waals surface area contributed by atoms with Crippen molar-refractivity contribution in [2.24, 2.45) is 5.10 Å². The molecule has 0 atom stereocenters. The number of carboxylic acid groups (broad SMARTS) is 1. The van der Waals surface area contributed by atoms with Crippen LogP contribution in [0.4, 0.5) is 5.69 Å². The van der Waals surface area contributed by atoms with Crippen LogP contribution in [-0.2, 0) is 9.59 Å². The maximum atomic E-state index is 12.5. The highest BCUT2D eigenvalue weighted by Crippen LogP contribution is 2.25. The summed E-state index contributed by atoms with van der Waals surface area (Å²) in [6, 6.07) is 15.4. The SMILES string of the molecule is O=C(O)C1=NN(c2ccccc2)C(=O)/C1=C\c1ccc(Cl)cc1. The van der Waals surface area contributed by atoms with Crippen molar-refractivity contribution in [3.63, 3.8) is 0 Å². The molecule has 1 aliphatic heterocycles. The van der Waals surface area contributed by atoms with Gasteiger partial charge in [-0.1, -0.05) is 41.9 Å². The fraction of sp³-hybridized carbons (Fsp3) is 0. The van der Waals surface area contributed by atoms with E-state index in [2.05, 4.69) is 5.10 Å². The number of para-hydroxylation sites is 1. The Kier molecular flexibility index (Phi) is 3.95. The van der Waals surface area contributed by atoms with Crippen LogP contribution in [0.5, 0.6) is 0 Å². The van der Waals surface area contributed by atoms with Gasteiger partial charge in [0, 0.05) is 5.02 Å². The molecule has 0 saturated heterocycles. The molecule has 1 heterocycles. The van der Waals surface area contributed by atoms with Crippen molar-refractivity contribution in [3.8, 4) is 0 Å². The Balaban J connectivity index is 2.03. The maximum Gasteiger partial charge on any atom is 0.357 e. The summed E-state index contributed by atoms with van der Waals surface area (Å²) in [6.45, 7) is 0. The number of hydrogen-bond acceptors (Lipinski definition) is 3. The monoisotopic (exact) mass is 326 g/mol. The predicted molar refractivity (Wildman–Crippen MR) is 88.4 cm³/mol. The molecule has 0 fully saturated rings. The topological polar surface area (TPSA) is 70.0 Å². The van der Waals surface area contributed by atoms with Gasteiger partial charge in [-0.3, -0.25) is 4.79 Å². The average molecular weight is 327 g/mol. The first-order valence-corrected chi connectivity index (χ1v) is 7.13. The minimum atomic E-state index is -1.25. The first kappa shape index (κ1) is 15.0. The van der Waals surface area contributed by atoms with Gasteiger partial charge in [0.1, 0.15) is 0 Å². The number of rotatable bonds is 3. The highest BCUT2D eigenvalue weighted by atomic mass is 35.5. The summed E-state index contributed by atoms with van der Waals surface area (Å²) >= 11 is 5.83. The van der Waals surface area contributed by atoms with Gasteiger partial charge in [-0.05, 0) is 35.9 Å². The molecule has 5 nitrogen and oxygen atoms in total. The second kappa shape index (κ2) is 6.06. The van der Waals surface area contributed by atoms with E-state index in [1.165, 1.54) is 6.08 Å². The molecule has 0 aliphatic carbocycles. The second-order valence-corrected chi connectivity index (χ2v) is 5.25. The number of aliphatic carboxylic acids is 1. The Labute approximate surface area is 137 Å². The number of hydrogen-bond donors (Lipinski definition) is 1. The molecule has 114 valence electrons. The summed E-state index contributed by atoms with van der Waals surface area (Å²) in [7, 11) is 0. The standard InChI is InChI=1S/C17H11ClN2O3/c18-12-8-6-11(7-9-12)10-14-15(17(22)23)19-20(16(14)21)13-4-2-1-3-5-13/h1-10H,(H,22,23)/b14-10-. The smallest absolute Gasteiger partial charge is 0.357 e. The molecule has 2 aromatic carbocycles. The van der Waals surface area contributed by atoms with E-state index in [9.17, 15) is 14.7 Å². The molecule has 2 aromatic rings. The molecule has 23 heavy (non-hydrogen) atoms. The normalized spacial score (nSPS) is 15.9. The summed E-state index contributed by atoms with van der Waals surface area (Å²) in [6.07, 6.45) is 1.49. The highest BCUT2D eigenvalue weighted by Gasteiger charge is 2.34. The van der Waals surface area contributed by atoms with Crippen LogP contribution in [0.15, 0.2) is 65.3 Å². The molecule has 0 spiro atoms. The summed E-state index contributed by atoms with van der Waals surface area (Å²) in [5.74, 6) is -1.74. The van der Waals surface area contributed by atoms with Gasteiger partial charge in [-0.15, -0.1) is 0 Å². The van der Waals surface area contributed by atoms with E-state index in [1.807, 2.05) is 0 Å². The van der Waals surface area contributed by atoms with E-state index in [0.717, 1.165) is 5.01 Å². The van der Waals surface area contributed by atoms with E-state index in [-0.39, 0.29) is 11.3 Å². The largest absolute Gasteiger partial charge is 0.476 e. The summed E-state index contributed by atoms with van der Waals surface area (Å²) in [4.78, 5) is 24.0. The van der Waals surface area contributed by atoms with Gasteiger partial charge in [0.15, 0.2) is 5.71 Å². The van der Waals surface area contributed by atoms with E-state index >= 15 is 0 Å². The molecule has 1 N–H and O–H groups in total. The quantitative estimate of drug-likeness (QED) is 0.880. The zero-order valence-electron chi connectivity index (χ0n) is 11.8. The Bertz CT molecular complexity index is 827. The lowest BCUT2D eigenvalue weighted by atomic mass is 10.1. The molecular weight excluding hydrogens is 316 g/mol. The van der Waals surface area contributed by atoms with Crippen molar-refractivity contribution in [2.75, 3.05) is 5.01 Å². The lowest BCUT2D eigenvalue weighted by Gasteiger charge is -2.10. The van der Waals surface area contributed by atoms with Crippen molar-refractivity contribution in [1.82, 2.24) is 0 Å². The summed E-state index contributed by atoms with van der Waals surface area (Å²) in [5, 5.41) is 14.9. The first-order valence-electron chi connectivity index (χ1n) is 6.75. The lowest BCUT2D eigenvalue weighted by Crippen LogP contribution is -2.22. The molecule has 0 bridgehead atoms. The third-order valence-corrected chi connectivity index (χ3v) is 3.51. The van der Waals surface area contributed by atoms with Crippen molar-refractivity contribution >= 4 is 41.0 Å². The third kappa shape index (κ3) is 3.00. The maximum absolute atomic E-state index is 12.5. The fourth-order valence-electron chi connectivity index (χ4n) is 2.17. The Morgan fingerprint density at radius 3 is 2.35 bits per heavy atom. The number of nitrogens with zero attached hydrogens (tertiary/aromatic N) is 2. The van der Waals surface area contributed by atoms with Crippen LogP contribution in [0.25, 0.3) is 6.08 Å². The number of carboxylic acids is 1. The molecule has 1 aliphatic rings. The van der Waals surface area contributed by atoms with Crippen LogP contribution in [0, 0.1) is 0 Å². The van der Waals surface area contributed by atoms with Crippen LogP contribution in [-0.4, -0.2) is 22.7 Å². The number of anilines is 1. The first-order chi connectivity index (χ1) is 11.1. The number of carbonyl (C=O) groups is 2. The van der Waals surface area contributed by atoms with E-state index < -0.39 is 11.9 Å². The van der Waals surface area contributed by atoms with Crippen LogP contribution >= 0.6 is 11.6 Å². The van der Waals surface area contributed by atoms with Gasteiger partial charge in [0.2, 0.25) is 0 Å². The highest BCUT2D eigenvalue weighted by molar-refractivity contribution is 6.53. The average Bonchev–Trinajstić information content (AvgIpc) is 2.88. The minimum absolute atomic E-state index is 0.0312. The van der Waals surface area contributed by atoms with Gasteiger partial charge >= 0.3 is 5.97 Å². The van der Waals surface area contributed by atoms with Crippen molar-refractivity contribution in [3.05, 3.63) is 70.8 Å². The Morgan fingerprint density at radius 2 is 1.74 bits per heavy atom. The van der Waals surface area contributed by atoms with Crippen molar-refractivity contribution in [2.45, 2.75) is 0 Å². The molecule has 0 aromatic heterocycles. The summed E-state index contributed by atoms with van der Waals surface area (Å²) in [5.41, 5.74) is 0.926. The van der Waals surface area contributed by atoms with Crippen LogP contribution in [0.3, 0.4) is 0 Å². The number of hydrazone groups is 1. The fourth-order valence-corrected chi connectivity index (χ4v) is 2.30. The zero-order valence-corrected chi connectivity index (χ0v) is 12.6. The van der Waals surface area contributed by atoms with Crippen LogP contribution in [0.2, 0.25) is 5.02 Å². The van der Waals surface area contributed by atoms with Crippen LogP contribution < -0.4 is 5.01 Å². The van der Waals surface area contributed by atoms with Gasteiger partial charge in [0.05, 0.1) is 11.3 Å². The number of benzene rings is 2. The minimum Gasteiger partial charge on any atom is -0.476 e.